The maximum Gasteiger partial charge on any atom is 0.0487 e. The van der Waals surface area contributed by atoms with Gasteiger partial charge in [0, 0.05) is 35.6 Å². The van der Waals surface area contributed by atoms with Crippen molar-refractivity contribution in [3.05, 3.63) is 35.0 Å². The first-order chi connectivity index (χ1) is 8.40. The molecule has 5 rings (SSSR count). The van der Waals surface area contributed by atoms with Crippen LogP contribution in [0, 0.1) is 5.92 Å². The molecule has 0 spiro atoms. The number of fused-ring (bicyclic) bond motifs is 4. The first kappa shape index (κ1) is 10.3. The number of nitrogens with zero attached hydrogens (tertiary/aromatic N) is 2. The van der Waals surface area contributed by atoms with E-state index in [-0.39, 0.29) is 0 Å². The fourth-order valence-electron chi connectivity index (χ4n) is 3.49. The van der Waals surface area contributed by atoms with Gasteiger partial charge in [0.1, 0.15) is 0 Å². The van der Waals surface area contributed by atoms with Gasteiger partial charge in [-0.15, -0.1) is 11.8 Å². The second-order valence-corrected chi connectivity index (χ2v) is 6.49. The lowest BCUT2D eigenvalue weighted by Crippen LogP contribution is -2.55. The van der Waals surface area contributed by atoms with Crippen molar-refractivity contribution >= 4 is 11.8 Å². The molecule has 0 N–H and O–H groups in total. The number of thioether (sulfide) groups is 1. The summed E-state index contributed by atoms with van der Waals surface area (Å²) >= 11 is 1.98. The molecule has 0 aromatic carbocycles. The Hall–Kier alpha value is -0.670. The van der Waals surface area contributed by atoms with Crippen molar-refractivity contribution in [2.45, 2.75) is 18.9 Å². The zero-order valence-corrected chi connectivity index (χ0v) is 10.8. The first-order valence-electron chi connectivity index (χ1n) is 6.63. The molecule has 2 nitrogen and oxygen atoms in total. The van der Waals surface area contributed by atoms with Crippen LogP contribution in [0.1, 0.15) is 12.8 Å². The smallest absolute Gasteiger partial charge is 0.0487 e. The third-order valence-corrected chi connectivity index (χ3v) is 5.51. The minimum atomic E-state index is 0.726. The minimum absolute atomic E-state index is 0.726. The monoisotopic (exact) mass is 246 g/mol. The van der Waals surface area contributed by atoms with Gasteiger partial charge < -0.3 is 9.80 Å². The Kier molecular flexibility index (Phi) is 2.37. The number of hydrogen-bond donors (Lipinski definition) is 0. The lowest BCUT2D eigenvalue weighted by atomic mass is 9.83. The van der Waals surface area contributed by atoms with Gasteiger partial charge in [0.15, 0.2) is 0 Å². The molecule has 5 aliphatic heterocycles. The molecular formula is C14H18N2S. The molecule has 17 heavy (non-hydrogen) atoms. The van der Waals surface area contributed by atoms with Crippen LogP contribution >= 0.6 is 11.8 Å². The van der Waals surface area contributed by atoms with Gasteiger partial charge in [-0.1, -0.05) is 6.08 Å². The van der Waals surface area contributed by atoms with Crippen LogP contribution < -0.4 is 0 Å². The predicted molar refractivity (Wildman–Crippen MR) is 72.6 cm³/mol. The molecule has 0 aliphatic carbocycles. The average molecular weight is 246 g/mol. The summed E-state index contributed by atoms with van der Waals surface area (Å²) in [5.41, 5.74) is 1.44. The zero-order chi connectivity index (χ0) is 11.2. The number of piperidine rings is 3. The van der Waals surface area contributed by atoms with Crippen LogP contribution in [0.25, 0.3) is 0 Å². The third-order valence-electron chi connectivity index (χ3n) is 4.52. The summed E-state index contributed by atoms with van der Waals surface area (Å²) in [6, 6.07) is 0.726. The molecule has 3 heteroatoms. The van der Waals surface area contributed by atoms with Gasteiger partial charge in [-0.3, -0.25) is 0 Å². The van der Waals surface area contributed by atoms with E-state index in [9.17, 15) is 0 Å². The molecule has 5 heterocycles. The summed E-state index contributed by atoms with van der Waals surface area (Å²) < 4.78 is 0. The molecule has 5 aliphatic rings. The van der Waals surface area contributed by atoms with E-state index >= 15 is 0 Å². The Morgan fingerprint density at radius 2 is 2.12 bits per heavy atom. The van der Waals surface area contributed by atoms with Crippen LogP contribution in [-0.4, -0.2) is 41.2 Å². The van der Waals surface area contributed by atoms with Crippen LogP contribution in [0.3, 0.4) is 0 Å². The Balaban J connectivity index is 1.58. The van der Waals surface area contributed by atoms with Gasteiger partial charge in [0.05, 0.1) is 0 Å². The van der Waals surface area contributed by atoms with Gasteiger partial charge in [-0.2, -0.15) is 0 Å². The molecule has 3 fully saturated rings. The van der Waals surface area contributed by atoms with E-state index in [1.54, 1.807) is 0 Å². The first-order valence-corrected chi connectivity index (χ1v) is 7.62. The van der Waals surface area contributed by atoms with Gasteiger partial charge in [-0.25, -0.2) is 0 Å². The number of allylic oxidation sites excluding steroid dienone is 2. The summed E-state index contributed by atoms with van der Waals surface area (Å²) in [4.78, 5) is 6.59. The van der Waals surface area contributed by atoms with Gasteiger partial charge >= 0.3 is 0 Å². The summed E-state index contributed by atoms with van der Waals surface area (Å²) in [6.45, 7) is 3.92. The molecule has 0 saturated carbocycles. The normalized spacial score (nSPS) is 39.1. The fourth-order valence-corrected chi connectivity index (χ4v) is 4.45. The molecule has 0 amide bonds. The molecule has 1 atom stereocenters. The second kappa shape index (κ2) is 3.92. The van der Waals surface area contributed by atoms with Crippen LogP contribution in [0.4, 0.5) is 0 Å². The van der Waals surface area contributed by atoms with Gasteiger partial charge in [0.2, 0.25) is 0 Å². The zero-order valence-electron chi connectivity index (χ0n) is 10.0. The Bertz CT molecular complexity index is 416. The highest BCUT2D eigenvalue weighted by atomic mass is 32.2. The van der Waals surface area contributed by atoms with E-state index in [1.807, 2.05) is 11.8 Å². The standard InChI is InChI=1S/C14H18N2S/c1-5-15-6-2-11(1)13(9-15)16-7-3-12-4-8-17-14(12)10-16/h3-4,7,10-11,13H,1-2,5-6,8-9H2/t13-/m0/s1. The van der Waals surface area contributed by atoms with Crippen LogP contribution in [-0.2, 0) is 0 Å². The minimum Gasteiger partial charge on any atom is -0.349 e. The lowest BCUT2D eigenvalue weighted by Gasteiger charge is -2.48. The van der Waals surface area contributed by atoms with E-state index in [0.717, 1.165) is 17.7 Å². The van der Waals surface area contributed by atoms with Crippen LogP contribution in [0.15, 0.2) is 35.0 Å². The molecule has 0 radical (unpaired) electrons. The average Bonchev–Trinajstić information content (AvgIpc) is 2.87. The van der Waals surface area contributed by atoms with Gasteiger partial charge in [-0.05, 0) is 43.5 Å². The molecule has 0 aromatic rings. The van der Waals surface area contributed by atoms with Crippen LogP contribution in [0.5, 0.6) is 0 Å². The highest BCUT2D eigenvalue weighted by Gasteiger charge is 2.36. The fraction of sp³-hybridized carbons (Fsp3) is 0.571. The number of hydrogen-bond acceptors (Lipinski definition) is 3. The quantitative estimate of drug-likeness (QED) is 0.701. The Labute approximate surface area is 107 Å². The maximum absolute atomic E-state index is 2.63. The molecule has 2 bridgehead atoms. The molecular weight excluding hydrogens is 228 g/mol. The van der Waals surface area contributed by atoms with Crippen molar-refractivity contribution < 1.29 is 0 Å². The van der Waals surface area contributed by atoms with E-state index in [1.165, 1.54) is 43.0 Å². The topological polar surface area (TPSA) is 6.48 Å². The predicted octanol–water partition coefficient (Wildman–Crippen LogP) is 2.42. The molecule has 0 unspecified atom stereocenters. The second-order valence-electron chi connectivity index (χ2n) is 5.43. The van der Waals surface area contributed by atoms with Crippen molar-refractivity contribution in [1.82, 2.24) is 9.80 Å². The summed E-state index contributed by atoms with van der Waals surface area (Å²) in [5.74, 6) is 2.07. The summed E-state index contributed by atoms with van der Waals surface area (Å²) in [5, 5.41) is 0. The lowest BCUT2D eigenvalue weighted by molar-refractivity contribution is 0.0413. The van der Waals surface area contributed by atoms with Crippen molar-refractivity contribution in [1.29, 1.82) is 0 Å². The number of rotatable bonds is 1. The largest absolute Gasteiger partial charge is 0.349 e. The molecule has 90 valence electrons. The summed E-state index contributed by atoms with van der Waals surface area (Å²) in [7, 11) is 0. The van der Waals surface area contributed by atoms with Gasteiger partial charge in [0.25, 0.3) is 0 Å². The SMILES string of the molecule is C1=CN([C@H]2CN3CCC2CC3)C=C2SCC=C12. The third kappa shape index (κ3) is 1.67. The molecule has 3 saturated heterocycles. The highest BCUT2D eigenvalue weighted by molar-refractivity contribution is 8.03. The van der Waals surface area contributed by atoms with Crippen LogP contribution in [0.2, 0.25) is 0 Å². The summed E-state index contributed by atoms with van der Waals surface area (Å²) in [6.07, 6.45) is 12.1. The Morgan fingerprint density at radius 1 is 1.24 bits per heavy atom. The van der Waals surface area contributed by atoms with Crippen molar-refractivity contribution in [3.63, 3.8) is 0 Å². The van der Waals surface area contributed by atoms with E-state index in [2.05, 4.69) is 34.4 Å². The highest BCUT2D eigenvalue weighted by Crippen LogP contribution is 2.38. The Morgan fingerprint density at radius 3 is 2.88 bits per heavy atom. The van der Waals surface area contributed by atoms with E-state index in [4.69, 9.17) is 0 Å². The maximum atomic E-state index is 2.63. The van der Waals surface area contributed by atoms with Crippen molar-refractivity contribution in [2.24, 2.45) is 5.92 Å². The molecule has 0 aromatic heterocycles. The van der Waals surface area contributed by atoms with E-state index in [0.29, 0.717) is 0 Å². The van der Waals surface area contributed by atoms with Crippen molar-refractivity contribution in [2.75, 3.05) is 25.4 Å². The van der Waals surface area contributed by atoms with E-state index < -0.39 is 0 Å². The van der Waals surface area contributed by atoms with Crippen molar-refractivity contribution in [3.8, 4) is 0 Å².